The number of fused-ring (bicyclic) bond motifs is 2. The first kappa shape index (κ1) is 15.4. The lowest BCUT2D eigenvalue weighted by Crippen LogP contribution is -2.36. The summed E-state index contributed by atoms with van der Waals surface area (Å²) < 4.78 is 52.8. The summed E-state index contributed by atoms with van der Waals surface area (Å²) in [6, 6.07) is 5.68. The monoisotopic (exact) mass is 330 g/mol. The molecule has 120 valence electrons. The molecule has 0 aromatic heterocycles. The number of hydrogen-bond acceptors (Lipinski definition) is 4. The van der Waals surface area contributed by atoms with Gasteiger partial charge < -0.3 is 4.74 Å². The molecular weight excluding hydrogens is 314 g/mol. The molecule has 1 aromatic rings. The highest BCUT2D eigenvalue weighted by Gasteiger charge is 2.48. The Bertz CT molecular complexity index is 667. The standard InChI is InChI=1S/C15H16F2O4S/c16-15(17)21-11-3-1-2-9(6-11)14(18)10-7-12-4-5-13(8-10)22(12,19)20/h1-3,6,10,12-13,15H,4-5,7-8H2. The van der Waals surface area contributed by atoms with Gasteiger partial charge in [0.05, 0.1) is 10.5 Å². The lowest BCUT2D eigenvalue weighted by atomic mass is 9.90. The summed E-state index contributed by atoms with van der Waals surface area (Å²) in [4.78, 5) is 12.5. The first-order chi connectivity index (χ1) is 10.4. The molecule has 2 aliphatic heterocycles. The van der Waals surface area contributed by atoms with Gasteiger partial charge in [0.1, 0.15) is 5.75 Å². The Morgan fingerprint density at radius 3 is 2.41 bits per heavy atom. The van der Waals surface area contributed by atoms with Crippen LogP contribution in [0.4, 0.5) is 8.78 Å². The molecule has 2 aliphatic rings. The normalized spacial score (nSPS) is 29.5. The van der Waals surface area contributed by atoms with E-state index in [0.717, 1.165) is 0 Å². The Kier molecular flexibility index (Phi) is 3.92. The van der Waals surface area contributed by atoms with Gasteiger partial charge in [-0.05, 0) is 37.8 Å². The maximum Gasteiger partial charge on any atom is 0.387 e. The molecule has 2 unspecified atom stereocenters. The predicted molar refractivity (Wildman–Crippen MR) is 75.9 cm³/mol. The van der Waals surface area contributed by atoms with E-state index in [1.165, 1.54) is 18.2 Å². The predicted octanol–water partition coefficient (Wildman–Crippen LogP) is 2.83. The fraction of sp³-hybridized carbons (Fsp3) is 0.533. The number of Topliss-reactive ketones (excluding diaryl/α,β-unsaturated/α-hetero) is 1. The molecule has 0 N–H and O–H groups in total. The third kappa shape index (κ3) is 2.74. The molecule has 0 radical (unpaired) electrons. The lowest BCUT2D eigenvalue weighted by Gasteiger charge is -2.27. The third-order valence-electron chi connectivity index (χ3n) is 4.55. The summed E-state index contributed by atoms with van der Waals surface area (Å²) in [7, 11) is -3.08. The van der Waals surface area contributed by atoms with E-state index in [9.17, 15) is 22.0 Å². The van der Waals surface area contributed by atoms with Gasteiger partial charge in [0.2, 0.25) is 0 Å². The molecule has 3 rings (SSSR count). The number of rotatable bonds is 4. The van der Waals surface area contributed by atoms with E-state index in [1.807, 2.05) is 0 Å². The van der Waals surface area contributed by atoms with Crippen molar-refractivity contribution in [2.45, 2.75) is 42.8 Å². The molecule has 2 fully saturated rings. The number of sulfone groups is 1. The van der Waals surface area contributed by atoms with E-state index in [0.29, 0.717) is 31.2 Å². The van der Waals surface area contributed by atoms with Crippen LogP contribution in [0.3, 0.4) is 0 Å². The van der Waals surface area contributed by atoms with E-state index in [2.05, 4.69) is 4.74 Å². The fourth-order valence-electron chi connectivity index (χ4n) is 3.48. The van der Waals surface area contributed by atoms with E-state index in [1.54, 1.807) is 6.07 Å². The van der Waals surface area contributed by atoms with Crippen LogP contribution in [-0.2, 0) is 9.84 Å². The van der Waals surface area contributed by atoms with Gasteiger partial charge in [-0.1, -0.05) is 12.1 Å². The number of alkyl halides is 2. The second-order valence-corrected chi connectivity index (χ2v) is 8.36. The molecule has 0 amide bonds. The second kappa shape index (κ2) is 5.61. The van der Waals surface area contributed by atoms with Crippen LogP contribution in [0.15, 0.2) is 24.3 Å². The number of ketones is 1. The van der Waals surface area contributed by atoms with Crippen molar-refractivity contribution in [2.24, 2.45) is 5.92 Å². The van der Waals surface area contributed by atoms with Crippen molar-refractivity contribution in [1.82, 2.24) is 0 Å². The Labute approximate surface area is 127 Å². The minimum atomic E-state index is -3.08. The highest BCUT2D eigenvalue weighted by atomic mass is 32.2. The molecule has 2 bridgehead atoms. The third-order valence-corrected chi connectivity index (χ3v) is 7.26. The van der Waals surface area contributed by atoms with Crippen LogP contribution in [0, 0.1) is 5.92 Å². The summed E-state index contributed by atoms with van der Waals surface area (Å²) in [6.07, 6.45) is 1.89. The smallest absolute Gasteiger partial charge is 0.387 e. The molecule has 2 saturated heterocycles. The molecule has 22 heavy (non-hydrogen) atoms. The molecule has 0 saturated carbocycles. The lowest BCUT2D eigenvalue weighted by molar-refractivity contribution is -0.0498. The quantitative estimate of drug-likeness (QED) is 0.797. The van der Waals surface area contributed by atoms with Crippen molar-refractivity contribution < 1.29 is 26.7 Å². The van der Waals surface area contributed by atoms with Crippen LogP contribution in [0.1, 0.15) is 36.0 Å². The zero-order chi connectivity index (χ0) is 15.9. The summed E-state index contributed by atoms with van der Waals surface area (Å²) in [5.41, 5.74) is 0.293. The summed E-state index contributed by atoms with van der Waals surface area (Å²) >= 11 is 0. The van der Waals surface area contributed by atoms with Gasteiger partial charge in [-0.2, -0.15) is 8.78 Å². The minimum absolute atomic E-state index is 0.0627. The Balaban J connectivity index is 1.78. The van der Waals surface area contributed by atoms with E-state index >= 15 is 0 Å². The summed E-state index contributed by atoms with van der Waals surface area (Å²) in [6.45, 7) is -2.94. The first-order valence-electron chi connectivity index (χ1n) is 7.19. The Hall–Kier alpha value is -1.50. The van der Waals surface area contributed by atoms with Crippen LogP contribution in [0.5, 0.6) is 5.75 Å². The van der Waals surface area contributed by atoms with Crippen molar-refractivity contribution in [2.75, 3.05) is 0 Å². The molecular formula is C15H16F2O4S. The number of benzene rings is 1. The van der Waals surface area contributed by atoms with Crippen molar-refractivity contribution in [3.63, 3.8) is 0 Å². The summed E-state index contributed by atoms with van der Waals surface area (Å²) in [5, 5.41) is -0.860. The highest BCUT2D eigenvalue weighted by molar-refractivity contribution is 7.93. The summed E-state index contributed by atoms with van der Waals surface area (Å²) in [5.74, 6) is -0.610. The second-order valence-electron chi connectivity index (χ2n) is 5.85. The van der Waals surface area contributed by atoms with Crippen molar-refractivity contribution in [3.8, 4) is 5.75 Å². The van der Waals surface area contributed by atoms with Crippen molar-refractivity contribution >= 4 is 15.6 Å². The molecule has 7 heteroatoms. The van der Waals surface area contributed by atoms with Crippen LogP contribution in [-0.4, -0.2) is 31.3 Å². The van der Waals surface area contributed by atoms with Gasteiger partial charge in [-0.15, -0.1) is 0 Å². The molecule has 4 nitrogen and oxygen atoms in total. The van der Waals surface area contributed by atoms with Crippen molar-refractivity contribution in [3.05, 3.63) is 29.8 Å². The zero-order valence-electron chi connectivity index (χ0n) is 11.7. The first-order valence-corrected chi connectivity index (χ1v) is 8.80. The largest absolute Gasteiger partial charge is 0.435 e. The van der Waals surface area contributed by atoms with E-state index in [-0.39, 0.29) is 17.5 Å². The van der Waals surface area contributed by atoms with Gasteiger partial charge in [-0.3, -0.25) is 4.79 Å². The Morgan fingerprint density at radius 2 is 1.82 bits per heavy atom. The van der Waals surface area contributed by atoms with Gasteiger partial charge in [0.15, 0.2) is 15.6 Å². The number of carbonyl (C=O) groups is 1. The molecule has 2 atom stereocenters. The number of ether oxygens (including phenoxy) is 1. The molecule has 0 aliphatic carbocycles. The minimum Gasteiger partial charge on any atom is -0.435 e. The highest BCUT2D eigenvalue weighted by Crippen LogP contribution is 2.42. The SMILES string of the molecule is O=C(c1cccc(OC(F)F)c1)C1CC2CCC(C1)S2(=O)=O. The molecule has 2 heterocycles. The van der Waals surface area contributed by atoms with Gasteiger partial charge in [0.25, 0.3) is 0 Å². The van der Waals surface area contributed by atoms with Crippen LogP contribution in [0.2, 0.25) is 0 Å². The Morgan fingerprint density at radius 1 is 1.18 bits per heavy atom. The van der Waals surface area contributed by atoms with E-state index < -0.39 is 26.9 Å². The number of halogens is 2. The maximum absolute atomic E-state index is 12.5. The topological polar surface area (TPSA) is 60.4 Å². The van der Waals surface area contributed by atoms with Crippen LogP contribution in [0.25, 0.3) is 0 Å². The average Bonchev–Trinajstić information content (AvgIpc) is 2.66. The average molecular weight is 330 g/mol. The van der Waals surface area contributed by atoms with Gasteiger partial charge >= 0.3 is 6.61 Å². The maximum atomic E-state index is 12.5. The van der Waals surface area contributed by atoms with Crippen molar-refractivity contribution in [1.29, 1.82) is 0 Å². The number of carbonyl (C=O) groups excluding carboxylic acids is 1. The van der Waals surface area contributed by atoms with Gasteiger partial charge in [-0.25, -0.2) is 8.42 Å². The van der Waals surface area contributed by atoms with Crippen LogP contribution >= 0.6 is 0 Å². The fourth-order valence-corrected chi connectivity index (χ4v) is 5.96. The van der Waals surface area contributed by atoms with Crippen LogP contribution < -0.4 is 4.74 Å². The zero-order valence-corrected chi connectivity index (χ0v) is 12.6. The molecule has 0 spiro atoms. The number of hydrogen-bond donors (Lipinski definition) is 0. The van der Waals surface area contributed by atoms with Gasteiger partial charge in [0, 0.05) is 11.5 Å². The van der Waals surface area contributed by atoms with E-state index in [4.69, 9.17) is 0 Å². The molecule has 1 aromatic carbocycles.